The fourth-order valence-corrected chi connectivity index (χ4v) is 1.50. The summed E-state index contributed by atoms with van der Waals surface area (Å²) >= 11 is 0. The number of anilines is 2. The third-order valence-corrected chi connectivity index (χ3v) is 2.20. The molecule has 0 N–H and O–H groups in total. The zero-order chi connectivity index (χ0) is 10.5. The summed E-state index contributed by atoms with van der Waals surface area (Å²) in [7, 11) is 0. The van der Waals surface area contributed by atoms with Crippen molar-refractivity contribution in [3.8, 4) is 0 Å². The topological polar surface area (TPSA) is 29.0 Å². The largest absolute Gasteiger partial charge is 0.325 e. The molecule has 0 atom stereocenters. The average molecular weight is 199 g/mol. The smallest absolute Gasteiger partial charge is 0.132 e. The quantitative estimate of drug-likeness (QED) is 0.761. The van der Waals surface area contributed by atoms with Crippen molar-refractivity contribution >= 4 is 11.5 Å². The van der Waals surface area contributed by atoms with E-state index in [0.717, 1.165) is 18.1 Å². The Kier molecular flexibility index (Phi) is 2.93. The lowest BCUT2D eigenvalue weighted by Gasteiger charge is -2.21. The van der Waals surface area contributed by atoms with Crippen LogP contribution in [0.1, 0.15) is 6.92 Å². The minimum atomic E-state index is 0.878. The van der Waals surface area contributed by atoms with Crippen LogP contribution in [0.3, 0.4) is 0 Å². The van der Waals surface area contributed by atoms with Gasteiger partial charge in [0.25, 0.3) is 0 Å². The zero-order valence-electron chi connectivity index (χ0n) is 8.67. The minimum absolute atomic E-state index is 0.878. The van der Waals surface area contributed by atoms with Gasteiger partial charge >= 0.3 is 0 Å². The molecule has 0 bridgehead atoms. The van der Waals surface area contributed by atoms with E-state index < -0.39 is 0 Å². The number of pyridine rings is 2. The molecule has 3 heteroatoms. The van der Waals surface area contributed by atoms with E-state index >= 15 is 0 Å². The van der Waals surface area contributed by atoms with Crippen LogP contribution in [0.2, 0.25) is 0 Å². The highest BCUT2D eigenvalue weighted by molar-refractivity contribution is 5.58. The Morgan fingerprint density at radius 1 is 1.13 bits per heavy atom. The molecule has 0 unspecified atom stereocenters. The summed E-state index contributed by atoms with van der Waals surface area (Å²) in [5, 5.41) is 0. The van der Waals surface area contributed by atoms with Crippen molar-refractivity contribution in [2.75, 3.05) is 11.4 Å². The highest BCUT2D eigenvalue weighted by Crippen LogP contribution is 2.20. The zero-order valence-corrected chi connectivity index (χ0v) is 8.67. The van der Waals surface area contributed by atoms with E-state index in [1.807, 2.05) is 36.5 Å². The van der Waals surface area contributed by atoms with Crippen LogP contribution in [-0.4, -0.2) is 16.5 Å². The van der Waals surface area contributed by atoms with Crippen LogP contribution >= 0.6 is 0 Å². The van der Waals surface area contributed by atoms with Crippen molar-refractivity contribution in [3.63, 3.8) is 0 Å². The van der Waals surface area contributed by atoms with Crippen molar-refractivity contribution in [2.45, 2.75) is 6.92 Å². The third-order valence-electron chi connectivity index (χ3n) is 2.20. The Hall–Kier alpha value is -1.90. The molecule has 0 aliphatic carbocycles. The number of aromatic nitrogens is 2. The van der Waals surface area contributed by atoms with Crippen LogP contribution in [-0.2, 0) is 0 Å². The van der Waals surface area contributed by atoms with Crippen molar-refractivity contribution < 1.29 is 0 Å². The summed E-state index contributed by atoms with van der Waals surface area (Å²) in [5.41, 5.74) is 1.07. The predicted molar refractivity (Wildman–Crippen MR) is 61.2 cm³/mol. The van der Waals surface area contributed by atoms with Gasteiger partial charge in [0, 0.05) is 18.9 Å². The number of hydrogen-bond acceptors (Lipinski definition) is 3. The molecule has 0 aliphatic rings. The maximum absolute atomic E-state index is 4.32. The normalized spacial score (nSPS) is 9.93. The Bertz CT molecular complexity index is 360. The van der Waals surface area contributed by atoms with Crippen LogP contribution in [0.15, 0.2) is 48.9 Å². The summed E-state index contributed by atoms with van der Waals surface area (Å²) in [4.78, 5) is 10.6. The van der Waals surface area contributed by atoms with Gasteiger partial charge in [-0.1, -0.05) is 6.07 Å². The van der Waals surface area contributed by atoms with Crippen molar-refractivity contribution in [2.24, 2.45) is 0 Å². The molecule has 15 heavy (non-hydrogen) atoms. The number of rotatable bonds is 3. The minimum Gasteiger partial charge on any atom is -0.325 e. The van der Waals surface area contributed by atoms with E-state index in [2.05, 4.69) is 21.8 Å². The second kappa shape index (κ2) is 4.55. The highest BCUT2D eigenvalue weighted by Gasteiger charge is 2.06. The molecule has 2 aromatic rings. The van der Waals surface area contributed by atoms with Crippen LogP contribution < -0.4 is 4.90 Å². The SMILES string of the molecule is CCN(c1cccnc1)c1ccccn1. The molecule has 0 saturated heterocycles. The van der Waals surface area contributed by atoms with Gasteiger partial charge in [-0.15, -0.1) is 0 Å². The van der Waals surface area contributed by atoms with E-state index in [9.17, 15) is 0 Å². The molecule has 0 spiro atoms. The summed E-state index contributed by atoms with van der Waals surface area (Å²) < 4.78 is 0. The Morgan fingerprint density at radius 2 is 2.07 bits per heavy atom. The van der Waals surface area contributed by atoms with E-state index in [0.29, 0.717) is 0 Å². The fraction of sp³-hybridized carbons (Fsp3) is 0.167. The van der Waals surface area contributed by atoms with E-state index in [1.165, 1.54) is 0 Å². The molecule has 76 valence electrons. The molecule has 0 radical (unpaired) electrons. The lowest BCUT2D eigenvalue weighted by molar-refractivity contribution is 0.983. The molecule has 0 fully saturated rings. The van der Waals surface area contributed by atoms with Gasteiger partial charge in [-0.25, -0.2) is 4.98 Å². The maximum Gasteiger partial charge on any atom is 0.132 e. The first-order valence-electron chi connectivity index (χ1n) is 5.00. The first-order valence-corrected chi connectivity index (χ1v) is 5.00. The third kappa shape index (κ3) is 2.13. The second-order valence-electron chi connectivity index (χ2n) is 3.14. The van der Waals surface area contributed by atoms with Crippen LogP contribution in [0, 0.1) is 0 Å². The Morgan fingerprint density at radius 3 is 2.67 bits per heavy atom. The standard InChI is InChI=1S/C12H13N3/c1-2-15(11-6-5-8-13-10-11)12-7-3-4-9-14-12/h3-10H,2H2,1H3. The molecular formula is C12H13N3. The van der Waals surface area contributed by atoms with E-state index in [-0.39, 0.29) is 0 Å². The summed E-state index contributed by atoms with van der Waals surface area (Å²) in [6.45, 7) is 2.98. The van der Waals surface area contributed by atoms with Crippen LogP contribution in [0.5, 0.6) is 0 Å². The molecule has 0 amide bonds. The van der Waals surface area contributed by atoms with E-state index in [1.54, 1.807) is 12.4 Å². The van der Waals surface area contributed by atoms with E-state index in [4.69, 9.17) is 0 Å². The van der Waals surface area contributed by atoms with Crippen molar-refractivity contribution in [1.29, 1.82) is 0 Å². The molecule has 2 aromatic heterocycles. The van der Waals surface area contributed by atoms with Gasteiger partial charge in [-0.05, 0) is 31.2 Å². The molecule has 0 aromatic carbocycles. The summed E-state index contributed by atoms with van der Waals surface area (Å²) in [6.07, 6.45) is 5.42. The fourth-order valence-electron chi connectivity index (χ4n) is 1.50. The lowest BCUT2D eigenvalue weighted by Crippen LogP contribution is -2.17. The predicted octanol–water partition coefficient (Wildman–Crippen LogP) is 2.63. The molecule has 3 nitrogen and oxygen atoms in total. The Balaban J connectivity index is 2.34. The van der Waals surface area contributed by atoms with Crippen molar-refractivity contribution in [1.82, 2.24) is 9.97 Å². The first-order chi connectivity index (χ1) is 7.42. The molecule has 2 heterocycles. The van der Waals surface area contributed by atoms with Crippen LogP contribution in [0.25, 0.3) is 0 Å². The average Bonchev–Trinajstić information content (AvgIpc) is 2.33. The monoisotopic (exact) mass is 199 g/mol. The number of hydrogen-bond donors (Lipinski definition) is 0. The maximum atomic E-state index is 4.32. The van der Waals surface area contributed by atoms with Gasteiger partial charge in [0.05, 0.1) is 11.9 Å². The molecule has 0 aliphatic heterocycles. The van der Waals surface area contributed by atoms with Gasteiger partial charge < -0.3 is 4.90 Å². The summed E-state index contributed by atoms with van der Waals surface area (Å²) in [6, 6.07) is 9.87. The van der Waals surface area contributed by atoms with Crippen LogP contribution in [0.4, 0.5) is 11.5 Å². The van der Waals surface area contributed by atoms with Gasteiger partial charge in [-0.3, -0.25) is 4.98 Å². The molecular weight excluding hydrogens is 186 g/mol. The van der Waals surface area contributed by atoms with Gasteiger partial charge in [0.1, 0.15) is 5.82 Å². The number of nitrogens with zero attached hydrogens (tertiary/aromatic N) is 3. The first kappa shape index (κ1) is 9.65. The van der Waals surface area contributed by atoms with Gasteiger partial charge in [0.15, 0.2) is 0 Å². The lowest BCUT2D eigenvalue weighted by atomic mass is 10.3. The highest BCUT2D eigenvalue weighted by atomic mass is 15.2. The van der Waals surface area contributed by atoms with Crippen molar-refractivity contribution in [3.05, 3.63) is 48.9 Å². The molecule has 0 saturated carbocycles. The molecule has 2 rings (SSSR count). The van der Waals surface area contributed by atoms with Gasteiger partial charge in [-0.2, -0.15) is 0 Å². The Labute approximate surface area is 89.4 Å². The summed E-state index contributed by atoms with van der Waals surface area (Å²) in [5.74, 6) is 0.952. The van der Waals surface area contributed by atoms with Gasteiger partial charge in [0.2, 0.25) is 0 Å². The second-order valence-corrected chi connectivity index (χ2v) is 3.14.